The predicted molar refractivity (Wildman–Crippen MR) is 72.9 cm³/mol. The van der Waals surface area contributed by atoms with Gasteiger partial charge in [0, 0.05) is 30.8 Å². The van der Waals surface area contributed by atoms with Gasteiger partial charge in [0.2, 0.25) is 5.91 Å². The van der Waals surface area contributed by atoms with Crippen LogP contribution in [0.2, 0.25) is 0 Å². The van der Waals surface area contributed by atoms with Gasteiger partial charge in [0.1, 0.15) is 0 Å². The van der Waals surface area contributed by atoms with Crippen molar-refractivity contribution in [3.8, 4) is 0 Å². The molecule has 1 aliphatic rings. The molecule has 6 heteroatoms. The maximum atomic E-state index is 12.1. The van der Waals surface area contributed by atoms with Crippen LogP contribution in [0.1, 0.15) is 36.9 Å². The van der Waals surface area contributed by atoms with E-state index < -0.39 is 5.97 Å². The number of hydrogen-bond acceptors (Lipinski definition) is 3. The second kappa shape index (κ2) is 6.07. The highest BCUT2D eigenvalue weighted by Gasteiger charge is 2.29. The average Bonchev–Trinajstić information content (AvgIpc) is 2.76. The first-order valence-electron chi connectivity index (χ1n) is 6.97. The van der Waals surface area contributed by atoms with Crippen molar-refractivity contribution in [1.82, 2.24) is 15.1 Å². The maximum absolute atomic E-state index is 12.1. The number of carbonyl (C=O) groups is 2. The number of aryl methyl sites for hydroxylation is 1. The van der Waals surface area contributed by atoms with E-state index in [-0.39, 0.29) is 17.7 Å². The molecule has 1 heterocycles. The molecule has 0 bridgehead atoms. The number of carboxylic acid groups (broad SMARTS) is 1. The third-order valence-corrected chi connectivity index (χ3v) is 4.24. The van der Waals surface area contributed by atoms with Crippen LogP contribution < -0.4 is 5.32 Å². The van der Waals surface area contributed by atoms with Crippen LogP contribution in [0.4, 0.5) is 0 Å². The van der Waals surface area contributed by atoms with E-state index in [4.69, 9.17) is 5.11 Å². The molecule has 0 aromatic carbocycles. The largest absolute Gasteiger partial charge is 0.481 e. The van der Waals surface area contributed by atoms with Crippen molar-refractivity contribution in [1.29, 1.82) is 0 Å². The molecule has 1 amide bonds. The van der Waals surface area contributed by atoms with E-state index in [9.17, 15) is 9.59 Å². The zero-order valence-electron chi connectivity index (χ0n) is 11.9. The van der Waals surface area contributed by atoms with E-state index in [1.165, 1.54) is 0 Å². The molecule has 0 unspecified atom stereocenters. The van der Waals surface area contributed by atoms with Gasteiger partial charge in [-0.15, -0.1) is 0 Å². The highest BCUT2D eigenvalue weighted by molar-refractivity contribution is 5.79. The van der Waals surface area contributed by atoms with Crippen molar-refractivity contribution in [3.05, 3.63) is 17.5 Å². The highest BCUT2D eigenvalue weighted by Crippen LogP contribution is 2.29. The van der Waals surface area contributed by atoms with E-state index in [0.29, 0.717) is 32.2 Å². The lowest BCUT2D eigenvalue weighted by atomic mass is 9.81. The zero-order valence-corrected chi connectivity index (χ0v) is 11.9. The van der Waals surface area contributed by atoms with Crippen LogP contribution in [-0.4, -0.2) is 26.8 Å². The molecule has 20 heavy (non-hydrogen) atoms. The number of nitrogens with zero attached hydrogens (tertiary/aromatic N) is 2. The summed E-state index contributed by atoms with van der Waals surface area (Å²) in [6.07, 6.45) is 4.28. The molecule has 1 aliphatic carbocycles. The topological polar surface area (TPSA) is 84.2 Å². The predicted octanol–water partition coefficient (Wildman–Crippen LogP) is 1.24. The number of amides is 1. The molecule has 1 aromatic rings. The maximum Gasteiger partial charge on any atom is 0.306 e. The summed E-state index contributed by atoms with van der Waals surface area (Å²) in [7, 11) is 1.87. The summed E-state index contributed by atoms with van der Waals surface area (Å²) in [5.74, 6) is -1.05. The smallest absolute Gasteiger partial charge is 0.306 e. The molecule has 0 spiro atoms. The van der Waals surface area contributed by atoms with Crippen LogP contribution in [-0.2, 0) is 23.2 Å². The van der Waals surface area contributed by atoms with Gasteiger partial charge < -0.3 is 10.4 Å². The van der Waals surface area contributed by atoms with E-state index in [0.717, 1.165) is 11.3 Å². The molecule has 0 atom stereocenters. The molecule has 0 saturated heterocycles. The lowest BCUT2D eigenvalue weighted by Gasteiger charge is -2.25. The summed E-state index contributed by atoms with van der Waals surface area (Å²) in [5, 5.41) is 16.0. The van der Waals surface area contributed by atoms with Gasteiger partial charge in [-0.2, -0.15) is 5.10 Å². The van der Waals surface area contributed by atoms with Crippen molar-refractivity contribution in [3.63, 3.8) is 0 Å². The van der Waals surface area contributed by atoms with Crippen LogP contribution in [0.15, 0.2) is 6.20 Å². The minimum Gasteiger partial charge on any atom is -0.481 e. The molecule has 2 rings (SSSR count). The summed E-state index contributed by atoms with van der Waals surface area (Å²) in [5.41, 5.74) is 2.06. The quantitative estimate of drug-likeness (QED) is 0.868. The minimum atomic E-state index is -0.741. The van der Waals surface area contributed by atoms with Gasteiger partial charge in [-0.1, -0.05) is 0 Å². The van der Waals surface area contributed by atoms with Crippen molar-refractivity contribution in [2.45, 2.75) is 39.2 Å². The number of nitrogens with one attached hydrogen (secondary N) is 1. The third kappa shape index (κ3) is 3.18. The number of rotatable bonds is 4. The normalized spacial score (nSPS) is 22.5. The summed E-state index contributed by atoms with van der Waals surface area (Å²) < 4.78 is 1.78. The van der Waals surface area contributed by atoms with Crippen LogP contribution in [0.3, 0.4) is 0 Å². The van der Waals surface area contributed by atoms with Gasteiger partial charge in [0.15, 0.2) is 0 Å². The number of aromatic nitrogens is 2. The van der Waals surface area contributed by atoms with Crippen LogP contribution in [0, 0.1) is 18.8 Å². The Bertz CT molecular complexity index is 502. The average molecular weight is 279 g/mol. The van der Waals surface area contributed by atoms with Gasteiger partial charge in [-0.3, -0.25) is 14.3 Å². The fourth-order valence-electron chi connectivity index (χ4n) is 2.65. The van der Waals surface area contributed by atoms with Gasteiger partial charge in [0.05, 0.1) is 12.1 Å². The minimum absolute atomic E-state index is 0.0251. The summed E-state index contributed by atoms with van der Waals surface area (Å²) in [6.45, 7) is 2.45. The molecule has 0 aliphatic heterocycles. The molecule has 6 nitrogen and oxygen atoms in total. The Morgan fingerprint density at radius 2 is 1.95 bits per heavy atom. The molecule has 1 saturated carbocycles. The summed E-state index contributed by atoms with van der Waals surface area (Å²) in [6, 6.07) is 0. The molecule has 1 aromatic heterocycles. The first-order chi connectivity index (χ1) is 9.49. The lowest BCUT2D eigenvalue weighted by Crippen LogP contribution is -2.34. The number of carbonyl (C=O) groups excluding carboxylic acids is 1. The van der Waals surface area contributed by atoms with Crippen molar-refractivity contribution < 1.29 is 14.7 Å². The van der Waals surface area contributed by atoms with Crippen molar-refractivity contribution >= 4 is 11.9 Å². The third-order valence-electron chi connectivity index (χ3n) is 4.24. The Kier molecular flexibility index (Phi) is 4.42. The Morgan fingerprint density at radius 3 is 2.45 bits per heavy atom. The Balaban J connectivity index is 1.81. The first-order valence-corrected chi connectivity index (χ1v) is 6.97. The van der Waals surface area contributed by atoms with E-state index >= 15 is 0 Å². The highest BCUT2D eigenvalue weighted by atomic mass is 16.4. The zero-order chi connectivity index (χ0) is 14.7. The number of carboxylic acids is 1. The van der Waals surface area contributed by atoms with Gasteiger partial charge in [-0.05, 0) is 32.6 Å². The monoisotopic (exact) mass is 279 g/mol. The Hall–Kier alpha value is -1.85. The Labute approximate surface area is 118 Å². The molecule has 0 radical (unpaired) electrons. The van der Waals surface area contributed by atoms with Gasteiger partial charge in [-0.25, -0.2) is 0 Å². The van der Waals surface area contributed by atoms with E-state index in [1.807, 2.05) is 14.0 Å². The van der Waals surface area contributed by atoms with Gasteiger partial charge >= 0.3 is 5.97 Å². The SMILES string of the molecule is Cc1c(CNC(=O)C2CCC(C(=O)O)CC2)cnn1C. The number of aliphatic carboxylic acids is 1. The molecular weight excluding hydrogens is 258 g/mol. The van der Waals surface area contributed by atoms with E-state index in [1.54, 1.807) is 10.9 Å². The van der Waals surface area contributed by atoms with Crippen molar-refractivity contribution in [2.75, 3.05) is 0 Å². The molecule has 2 N–H and O–H groups in total. The lowest BCUT2D eigenvalue weighted by molar-refractivity contribution is -0.144. The summed E-state index contributed by atoms with van der Waals surface area (Å²) in [4.78, 5) is 23.0. The summed E-state index contributed by atoms with van der Waals surface area (Å²) >= 11 is 0. The first kappa shape index (κ1) is 14.6. The molecule has 110 valence electrons. The van der Waals surface area contributed by atoms with Crippen molar-refractivity contribution in [2.24, 2.45) is 18.9 Å². The number of hydrogen-bond donors (Lipinski definition) is 2. The van der Waals surface area contributed by atoms with Crippen LogP contribution >= 0.6 is 0 Å². The van der Waals surface area contributed by atoms with Crippen LogP contribution in [0.5, 0.6) is 0 Å². The second-order valence-electron chi connectivity index (χ2n) is 5.48. The second-order valence-corrected chi connectivity index (χ2v) is 5.48. The standard InChI is InChI=1S/C14H21N3O3/c1-9-12(8-16-17(9)2)7-15-13(18)10-3-5-11(6-4-10)14(19)20/h8,10-11H,3-7H2,1-2H3,(H,15,18)(H,19,20). The van der Waals surface area contributed by atoms with Crippen LogP contribution in [0.25, 0.3) is 0 Å². The fraction of sp³-hybridized carbons (Fsp3) is 0.643. The molecule has 1 fully saturated rings. The fourth-order valence-corrected chi connectivity index (χ4v) is 2.65. The van der Waals surface area contributed by atoms with Gasteiger partial charge in [0.25, 0.3) is 0 Å². The Morgan fingerprint density at radius 1 is 1.35 bits per heavy atom. The van der Waals surface area contributed by atoms with E-state index in [2.05, 4.69) is 10.4 Å². The molecular formula is C14H21N3O3.